The van der Waals surface area contributed by atoms with Crippen LogP contribution in [0.2, 0.25) is 5.28 Å². The van der Waals surface area contributed by atoms with E-state index in [0.717, 1.165) is 19.5 Å². The minimum Gasteiger partial charge on any atom is -0.464 e. The minimum absolute atomic E-state index is 0.152. The van der Waals surface area contributed by atoms with Gasteiger partial charge in [-0.2, -0.15) is 15.0 Å². The largest absolute Gasteiger partial charge is 0.464 e. The molecule has 0 aliphatic carbocycles. The van der Waals surface area contributed by atoms with Crippen LogP contribution in [0.5, 0.6) is 6.01 Å². The van der Waals surface area contributed by atoms with Crippen LogP contribution in [0.4, 0.5) is 5.95 Å². The normalized spacial score (nSPS) is 19.7. The molecule has 1 unspecified atom stereocenters. The van der Waals surface area contributed by atoms with Crippen LogP contribution in [-0.4, -0.2) is 47.9 Å². The first kappa shape index (κ1) is 12.3. The first-order valence-corrected chi connectivity index (χ1v) is 5.93. The summed E-state index contributed by atoms with van der Waals surface area (Å²) < 4.78 is 10.5. The average molecular weight is 259 g/mol. The van der Waals surface area contributed by atoms with E-state index in [1.54, 1.807) is 7.11 Å². The molecule has 2 rings (SSSR count). The molecule has 94 valence electrons. The Kier molecular flexibility index (Phi) is 3.96. The number of methoxy groups -OCH3 is 1. The third-order valence-corrected chi connectivity index (χ3v) is 2.78. The number of anilines is 1. The number of aromatic nitrogens is 3. The molecule has 0 aromatic carbocycles. The molecule has 6 nitrogen and oxygen atoms in total. The lowest BCUT2D eigenvalue weighted by atomic mass is 10.3. The van der Waals surface area contributed by atoms with Gasteiger partial charge in [-0.3, -0.25) is 0 Å². The summed E-state index contributed by atoms with van der Waals surface area (Å²) in [7, 11) is 1.71. The highest BCUT2D eigenvalue weighted by Crippen LogP contribution is 2.20. The van der Waals surface area contributed by atoms with Gasteiger partial charge in [0.1, 0.15) is 0 Å². The standard InChI is InChI=1S/C10H15ClN4O2/c1-3-17-10-13-8(11)12-9(14-10)15-5-4-7(6-15)16-2/h7H,3-6H2,1-2H3. The van der Waals surface area contributed by atoms with E-state index >= 15 is 0 Å². The molecule has 0 bridgehead atoms. The number of nitrogens with zero attached hydrogens (tertiary/aromatic N) is 4. The molecule has 1 atom stereocenters. The molecule has 1 aliphatic rings. The van der Waals surface area contributed by atoms with Crippen LogP contribution in [0.25, 0.3) is 0 Å². The average Bonchev–Trinajstić information content (AvgIpc) is 2.77. The minimum atomic E-state index is 0.152. The molecule has 17 heavy (non-hydrogen) atoms. The van der Waals surface area contributed by atoms with Gasteiger partial charge in [-0.15, -0.1) is 0 Å². The number of ether oxygens (including phenoxy) is 2. The second-order valence-electron chi connectivity index (χ2n) is 3.71. The van der Waals surface area contributed by atoms with E-state index in [4.69, 9.17) is 21.1 Å². The highest BCUT2D eigenvalue weighted by Gasteiger charge is 2.25. The van der Waals surface area contributed by atoms with Crippen molar-refractivity contribution < 1.29 is 9.47 Å². The molecule has 1 aliphatic heterocycles. The number of hydrogen-bond donors (Lipinski definition) is 0. The fourth-order valence-corrected chi connectivity index (χ4v) is 1.91. The zero-order valence-corrected chi connectivity index (χ0v) is 10.6. The van der Waals surface area contributed by atoms with Gasteiger partial charge in [-0.05, 0) is 24.9 Å². The van der Waals surface area contributed by atoms with Crippen molar-refractivity contribution in [3.05, 3.63) is 5.28 Å². The molecule has 0 spiro atoms. The van der Waals surface area contributed by atoms with Crippen molar-refractivity contribution in [1.29, 1.82) is 0 Å². The highest BCUT2D eigenvalue weighted by atomic mass is 35.5. The Hall–Kier alpha value is -1.14. The molecule has 1 fully saturated rings. The van der Waals surface area contributed by atoms with Crippen LogP contribution < -0.4 is 9.64 Å². The lowest BCUT2D eigenvalue weighted by Crippen LogP contribution is -2.24. The van der Waals surface area contributed by atoms with Crippen LogP contribution in [0, 0.1) is 0 Å². The van der Waals surface area contributed by atoms with Gasteiger partial charge < -0.3 is 14.4 Å². The van der Waals surface area contributed by atoms with E-state index < -0.39 is 0 Å². The van der Waals surface area contributed by atoms with Crippen molar-refractivity contribution in [2.75, 3.05) is 31.7 Å². The maximum Gasteiger partial charge on any atom is 0.322 e. The highest BCUT2D eigenvalue weighted by molar-refractivity contribution is 6.28. The van der Waals surface area contributed by atoms with E-state index in [-0.39, 0.29) is 17.4 Å². The monoisotopic (exact) mass is 258 g/mol. The summed E-state index contributed by atoms with van der Waals surface area (Å²) in [6, 6.07) is 0.267. The third kappa shape index (κ3) is 2.95. The third-order valence-electron chi connectivity index (χ3n) is 2.61. The van der Waals surface area contributed by atoms with Gasteiger partial charge in [-0.25, -0.2) is 0 Å². The second kappa shape index (κ2) is 5.46. The predicted octanol–water partition coefficient (Wildman–Crippen LogP) is 1.15. The van der Waals surface area contributed by atoms with E-state index in [2.05, 4.69) is 15.0 Å². The molecular formula is C10H15ClN4O2. The Labute approximate surface area is 105 Å². The Balaban J connectivity index is 2.15. The summed E-state index contributed by atoms with van der Waals surface area (Å²) in [4.78, 5) is 14.2. The van der Waals surface area contributed by atoms with Gasteiger partial charge in [0.25, 0.3) is 0 Å². The molecule has 1 aromatic rings. The van der Waals surface area contributed by atoms with Crippen molar-refractivity contribution >= 4 is 17.5 Å². The van der Waals surface area contributed by atoms with E-state index in [1.165, 1.54) is 0 Å². The van der Waals surface area contributed by atoms with Gasteiger partial charge in [0.05, 0.1) is 12.7 Å². The smallest absolute Gasteiger partial charge is 0.322 e. The number of halogens is 1. The summed E-state index contributed by atoms with van der Waals surface area (Å²) in [5.41, 5.74) is 0. The molecule has 0 amide bonds. The lowest BCUT2D eigenvalue weighted by molar-refractivity contribution is 0.121. The summed E-state index contributed by atoms with van der Waals surface area (Å²) in [5.74, 6) is 0.549. The molecule has 1 saturated heterocycles. The summed E-state index contributed by atoms with van der Waals surface area (Å²) in [6.07, 6.45) is 1.19. The zero-order valence-electron chi connectivity index (χ0n) is 9.89. The van der Waals surface area contributed by atoms with Crippen molar-refractivity contribution in [1.82, 2.24) is 15.0 Å². The van der Waals surface area contributed by atoms with Gasteiger partial charge in [-0.1, -0.05) is 0 Å². The molecule has 0 N–H and O–H groups in total. The number of hydrogen-bond acceptors (Lipinski definition) is 6. The molecule has 7 heteroatoms. The first-order valence-electron chi connectivity index (χ1n) is 5.55. The Morgan fingerprint density at radius 2 is 2.24 bits per heavy atom. The van der Waals surface area contributed by atoms with Gasteiger partial charge in [0, 0.05) is 20.2 Å². The SMILES string of the molecule is CCOc1nc(Cl)nc(N2CCC(OC)C2)n1. The Morgan fingerprint density at radius 1 is 1.41 bits per heavy atom. The maximum atomic E-state index is 5.83. The molecule has 0 saturated carbocycles. The number of rotatable bonds is 4. The zero-order chi connectivity index (χ0) is 12.3. The van der Waals surface area contributed by atoms with Crippen molar-refractivity contribution in [2.45, 2.75) is 19.4 Å². The topological polar surface area (TPSA) is 60.4 Å². The van der Waals surface area contributed by atoms with Crippen LogP contribution in [0.15, 0.2) is 0 Å². The summed E-state index contributed by atoms with van der Waals surface area (Å²) in [6.45, 7) is 3.99. The van der Waals surface area contributed by atoms with Gasteiger partial charge >= 0.3 is 6.01 Å². The van der Waals surface area contributed by atoms with Crippen molar-refractivity contribution in [2.24, 2.45) is 0 Å². The maximum absolute atomic E-state index is 5.83. The van der Waals surface area contributed by atoms with Crippen molar-refractivity contribution in [3.63, 3.8) is 0 Å². The van der Waals surface area contributed by atoms with Crippen LogP contribution in [0.1, 0.15) is 13.3 Å². The van der Waals surface area contributed by atoms with Crippen LogP contribution in [-0.2, 0) is 4.74 Å². The molecule has 0 radical (unpaired) electrons. The molecular weight excluding hydrogens is 244 g/mol. The van der Waals surface area contributed by atoms with Crippen LogP contribution in [0.3, 0.4) is 0 Å². The lowest BCUT2D eigenvalue weighted by Gasteiger charge is -2.16. The first-order chi connectivity index (χ1) is 8.22. The van der Waals surface area contributed by atoms with Gasteiger partial charge in [0.2, 0.25) is 11.2 Å². The fourth-order valence-electron chi connectivity index (χ4n) is 1.76. The van der Waals surface area contributed by atoms with Crippen molar-refractivity contribution in [3.8, 4) is 6.01 Å². The molecule has 1 aromatic heterocycles. The van der Waals surface area contributed by atoms with Crippen LogP contribution >= 0.6 is 11.6 Å². The quantitative estimate of drug-likeness (QED) is 0.807. The summed E-state index contributed by atoms with van der Waals surface area (Å²) in [5, 5.41) is 0.152. The second-order valence-corrected chi connectivity index (χ2v) is 4.05. The Bertz CT molecular complexity index is 391. The fraction of sp³-hybridized carbons (Fsp3) is 0.700. The van der Waals surface area contributed by atoms with E-state index in [0.29, 0.717) is 12.6 Å². The van der Waals surface area contributed by atoms with Gasteiger partial charge in [0.15, 0.2) is 0 Å². The Morgan fingerprint density at radius 3 is 2.88 bits per heavy atom. The molecule has 2 heterocycles. The van der Waals surface area contributed by atoms with E-state index in [9.17, 15) is 0 Å². The van der Waals surface area contributed by atoms with E-state index in [1.807, 2.05) is 11.8 Å². The predicted molar refractivity (Wildman–Crippen MR) is 63.6 cm³/mol. The summed E-state index contributed by atoms with van der Waals surface area (Å²) >= 11 is 5.83.